The molecule has 0 bridgehead atoms. The highest BCUT2D eigenvalue weighted by Gasteiger charge is 2.34. The quantitative estimate of drug-likeness (QED) is 0.813. The first-order valence-corrected chi connectivity index (χ1v) is 8.62. The minimum absolute atomic E-state index is 0.138. The van der Waals surface area contributed by atoms with Crippen LogP contribution in [-0.4, -0.2) is 49.3 Å². The number of hydrogen-bond donors (Lipinski definition) is 0. The van der Waals surface area contributed by atoms with Gasteiger partial charge in [-0.25, -0.2) is 23.1 Å². The highest BCUT2D eigenvalue weighted by molar-refractivity contribution is 5.68. The van der Waals surface area contributed by atoms with Gasteiger partial charge in [0, 0.05) is 19.0 Å². The number of halogens is 2. The number of hydrogen-bond acceptors (Lipinski definition) is 5. The second-order valence-electron chi connectivity index (χ2n) is 7.68. The Morgan fingerprint density at radius 3 is 2.77 bits per heavy atom. The topological polar surface area (TPSA) is 72.6 Å². The Morgan fingerprint density at radius 2 is 2.12 bits per heavy atom. The second-order valence-corrected chi connectivity index (χ2v) is 7.68. The van der Waals surface area contributed by atoms with Crippen LogP contribution in [0.4, 0.5) is 13.6 Å². The van der Waals surface area contributed by atoms with E-state index in [1.165, 1.54) is 16.9 Å². The fourth-order valence-electron chi connectivity index (χ4n) is 3.18. The van der Waals surface area contributed by atoms with E-state index >= 15 is 0 Å². The molecule has 1 aliphatic rings. The summed E-state index contributed by atoms with van der Waals surface area (Å²) in [6.45, 7) is 8.42. The third kappa shape index (κ3) is 3.76. The molecule has 0 spiro atoms. The molecule has 7 nitrogen and oxygen atoms in total. The molecule has 0 aliphatic carbocycles. The molecule has 1 saturated heterocycles. The molecule has 2 aromatic heterocycles. The van der Waals surface area contributed by atoms with Gasteiger partial charge in [-0.1, -0.05) is 6.92 Å². The zero-order chi connectivity index (χ0) is 19.1. The minimum atomic E-state index is -2.70. The number of alkyl halides is 2. The second kappa shape index (κ2) is 6.77. The molecular weight excluding hydrogens is 344 g/mol. The van der Waals surface area contributed by atoms with Gasteiger partial charge in [0.1, 0.15) is 17.6 Å². The van der Waals surface area contributed by atoms with Crippen molar-refractivity contribution in [3.8, 4) is 0 Å². The van der Waals surface area contributed by atoms with Crippen LogP contribution in [0.2, 0.25) is 0 Å². The summed E-state index contributed by atoms with van der Waals surface area (Å²) in [4.78, 5) is 21.8. The van der Waals surface area contributed by atoms with E-state index in [2.05, 4.69) is 15.1 Å². The van der Waals surface area contributed by atoms with Crippen LogP contribution in [0.15, 0.2) is 12.4 Å². The van der Waals surface area contributed by atoms with Gasteiger partial charge in [-0.05, 0) is 39.2 Å². The number of ether oxygens (including phenoxy) is 1. The van der Waals surface area contributed by atoms with Gasteiger partial charge in [0.05, 0.1) is 5.69 Å². The van der Waals surface area contributed by atoms with E-state index in [1.54, 1.807) is 4.90 Å². The van der Waals surface area contributed by atoms with Crippen LogP contribution in [0, 0.1) is 5.92 Å². The van der Waals surface area contributed by atoms with Crippen LogP contribution < -0.4 is 0 Å². The molecule has 26 heavy (non-hydrogen) atoms. The monoisotopic (exact) mass is 367 g/mol. The third-order valence-electron chi connectivity index (χ3n) is 4.51. The van der Waals surface area contributed by atoms with Crippen molar-refractivity contribution in [2.24, 2.45) is 5.92 Å². The summed E-state index contributed by atoms with van der Waals surface area (Å²) >= 11 is 0. The molecule has 3 rings (SSSR count). The summed E-state index contributed by atoms with van der Waals surface area (Å²) in [6.07, 6.45) is -1.06. The van der Waals surface area contributed by atoms with E-state index in [0.29, 0.717) is 18.8 Å². The number of fused-ring (bicyclic) bond motifs is 1. The first-order valence-electron chi connectivity index (χ1n) is 8.62. The van der Waals surface area contributed by atoms with Crippen molar-refractivity contribution >= 4 is 11.9 Å². The number of nitrogens with zero attached hydrogens (tertiary/aromatic N) is 5. The van der Waals surface area contributed by atoms with Gasteiger partial charge in [-0.15, -0.1) is 0 Å². The molecule has 2 aromatic rings. The molecule has 142 valence electrons. The van der Waals surface area contributed by atoms with E-state index in [-0.39, 0.29) is 23.3 Å². The molecule has 2 atom stereocenters. The average Bonchev–Trinajstić information content (AvgIpc) is 3.01. The maximum atomic E-state index is 13.2. The predicted molar refractivity (Wildman–Crippen MR) is 90.1 cm³/mol. The SMILES string of the molecule is C[C@@H]1CCN(C(=O)OC(C)(C)C)C[C@H]1c1cc(C(F)F)nc2ncnn12. The van der Waals surface area contributed by atoms with Crippen molar-refractivity contribution in [2.75, 3.05) is 13.1 Å². The first kappa shape index (κ1) is 18.5. The zero-order valence-corrected chi connectivity index (χ0v) is 15.3. The highest BCUT2D eigenvalue weighted by atomic mass is 19.3. The van der Waals surface area contributed by atoms with Crippen molar-refractivity contribution in [3.63, 3.8) is 0 Å². The van der Waals surface area contributed by atoms with Gasteiger partial charge in [-0.3, -0.25) is 0 Å². The van der Waals surface area contributed by atoms with Crippen LogP contribution in [0.25, 0.3) is 5.78 Å². The van der Waals surface area contributed by atoms with Crippen molar-refractivity contribution in [2.45, 2.75) is 52.1 Å². The van der Waals surface area contributed by atoms with Crippen molar-refractivity contribution < 1.29 is 18.3 Å². The molecular formula is C17H23F2N5O2. The number of amides is 1. The molecule has 0 unspecified atom stereocenters. The molecule has 0 N–H and O–H groups in total. The lowest BCUT2D eigenvalue weighted by Crippen LogP contribution is -2.45. The first-order chi connectivity index (χ1) is 12.2. The number of likely N-dealkylation sites (tertiary alicyclic amines) is 1. The summed E-state index contributed by atoms with van der Waals surface area (Å²) in [5, 5.41) is 4.12. The van der Waals surface area contributed by atoms with Gasteiger partial charge in [0.15, 0.2) is 0 Å². The maximum Gasteiger partial charge on any atom is 0.410 e. The van der Waals surface area contributed by atoms with Crippen LogP contribution in [0.1, 0.15) is 57.8 Å². The summed E-state index contributed by atoms with van der Waals surface area (Å²) in [6, 6.07) is 1.37. The van der Waals surface area contributed by atoms with Gasteiger partial charge >= 0.3 is 6.09 Å². The van der Waals surface area contributed by atoms with E-state index in [9.17, 15) is 13.6 Å². The summed E-state index contributed by atoms with van der Waals surface area (Å²) in [7, 11) is 0. The number of piperidine rings is 1. The molecule has 9 heteroatoms. The molecule has 1 aliphatic heterocycles. The van der Waals surface area contributed by atoms with Gasteiger partial charge in [0.2, 0.25) is 0 Å². The van der Waals surface area contributed by atoms with Gasteiger partial charge in [0.25, 0.3) is 12.2 Å². The Labute approximate surface area is 150 Å². The van der Waals surface area contributed by atoms with Crippen LogP contribution in [0.3, 0.4) is 0 Å². The molecule has 0 aromatic carbocycles. The molecule has 1 fully saturated rings. The molecule has 1 amide bonds. The fourth-order valence-corrected chi connectivity index (χ4v) is 3.18. The van der Waals surface area contributed by atoms with Crippen molar-refractivity contribution in [1.29, 1.82) is 0 Å². The normalized spacial score (nSPS) is 21.4. The van der Waals surface area contributed by atoms with E-state index in [4.69, 9.17) is 4.74 Å². The maximum absolute atomic E-state index is 13.2. The van der Waals surface area contributed by atoms with E-state index in [1.807, 2.05) is 27.7 Å². The summed E-state index contributed by atoms with van der Waals surface area (Å²) in [5.74, 6) is 0.161. The lowest BCUT2D eigenvalue weighted by atomic mass is 9.84. The predicted octanol–water partition coefficient (Wildman–Crippen LogP) is 3.42. The summed E-state index contributed by atoms with van der Waals surface area (Å²) in [5.41, 5.74) is -0.334. The Balaban J connectivity index is 1.93. The van der Waals surface area contributed by atoms with Gasteiger partial charge < -0.3 is 9.64 Å². The number of carbonyl (C=O) groups is 1. The number of rotatable bonds is 2. The van der Waals surface area contributed by atoms with E-state index < -0.39 is 18.1 Å². The van der Waals surface area contributed by atoms with Crippen LogP contribution >= 0.6 is 0 Å². The number of aromatic nitrogens is 4. The Morgan fingerprint density at radius 1 is 1.38 bits per heavy atom. The van der Waals surface area contributed by atoms with Gasteiger partial charge in [-0.2, -0.15) is 10.1 Å². The highest BCUT2D eigenvalue weighted by Crippen LogP contribution is 2.34. The zero-order valence-electron chi connectivity index (χ0n) is 15.3. The van der Waals surface area contributed by atoms with Crippen molar-refractivity contribution in [1.82, 2.24) is 24.5 Å². The van der Waals surface area contributed by atoms with Crippen LogP contribution in [-0.2, 0) is 4.74 Å². The van der Waals surface area contributed by atoms with Crippen molar-refractivity contribution in [3.05, 3.63) is 23.8 Å². The Hall–Kier alpha value is -2.32. The largest absolute Gasteiger partial charge is 0.444 e. The summed E-state index contributed by atoms with van der Waals surface area (Å²) < 4.78 is 33.4. The molecule has 0 saturated carbocycles. The standard InChI is InChI=1S/C17H23F2N5O2/c1-10-5-6-23(16(25)26-17(2,3)4)8-11(10)13-7-12(14(18)19)22-15-20-9-21-24(13)15/h7,9-11,14H,5-6,8H2,1-4H3/t10-,11-/m1/s1. The lowest BCUT2D eigenvalue weighted by Gasteiger charge is -2.37. The fraction of sp³-hybridized carbons (Fsp3) is 0.647. The van der Waals surface area contributed by atoms with Crippen LogP contribution in [0.5, 0.6) is 0 Å². The minimum Gasteiger partial charge on any atom is -0.444 e. The Bertz CT molecular complexity index is 802. The molecule has 3 heterocycles. The lowest BCUT2D eigenvalue weighted by molar-refractivity contribution is 0.0161. The van der Waals surface area contributed by atoms with E-state index in [0.717, 1.165) is 6.42 Å². The molecule has 0 radical (unpaired) electrons. The Kier molecular flexibility index (Phi) is 4.81. The number of carbonyl (C=O) groups excluding carboxylic acids is 1. The smallest absolute Gasteiger partial charge is 0.410 e. The third-order valence-corrected chi connectivity index (χ3v) is 4.51. The average molecular weight is 367 g/mol.